The number of para-hydroxylation sites is 2. The maximum atomic E-state index is 12.8. The SMILES string of the molecule is Cc1ccc(/C=C(\C#N)C(=O)O[C@@H](C)C(=O)N2CC(=O)Nc3ccccc32)cc1. The Morgan fingerprint density at radius 3 is 2.59 bits per heavy atom. The molecule has 2 amide bonds. The molecule has 3 rings (SSSR count). The van der Waals surface area contributed by atoms with Crippen molar-refractivity contribution in [3.63, 3.8) is 0 Å². The third-order valence-electron chi connectivity index (χ3n) is 4.40. The number of nitriles is 1. The molecule has 1 aliphatic heterocycles. The molecule has 0 saturated carbocycles. The highest BCUT2D eigenvalue weighted by Gasteiger charge is 2.31. The predicted octanol–water partition coefficient (Wildman–Crippen LogP) is 2.82. The van der Waals surface area contributed by atoms with Crippen LogP contribution in [0.1, 0.15) is 18.1 Å². The van der Waals surface area contributed by atoms with Crippen LogP contribution in [0.15, 0.2) is 54.1 Å². The number of fused-ring (bicyclic) bond motifs is 1. The topological polar surface area (TPSA) is 99.5 Å². The van der Waals surface area contributed by atoms with Gasteiger partial charge in [0.1, 0.15) is 18.2 Å². The van der Waals surface area contributed by atoms with Gasteiger partial charge in [0.05, 0.1) is 11.4 Å². The maximum Gasteiger partial charge on any atom is 0.349 e. The molecule has 0 radical (unpaired) electrons. The van der Waals surface area contributed by atoms with Crippen molar-refractivity contribution < 1.29 is 19.1 Å². The van der Waals surface area contributed by atoms with Gasteiger partial charge in [-0.3, -0.25) is 14.5 Å². The fourth-order valence-corrected chi connectivity index (χ4v) is 2.89. The third kappa shape index (κ3) is 4.50. The molecule has 7 heteroatoms. The molecule has 0 aliphatic carbocycles. The Kier molecular flexibility index (Phi) is 5.74. The molecular formula is C22H19N3O4. The highest BCUT2D eigenvalue weighted by Crippen LogP contribution is 2.29. The zero-order chi connectivity index (χ0) is 21.0. The molecule has 1 atom stereocenters. The van der Waals surface area contributed by atoms with Gasteiger partial charge in [0.25, 0.3) is 5.91 Å². The highest BCUT2D eigenvalue weighted by atomic mass is 16.5. The summed E-state index contributed by atoms with van der Waals surface area (Å²) in [6, 6.07) is 15.9. The van der Waals surface area contributed by atoms with Gasteiger partial charge >= 0.3 is 5.97 Å². The summed E-state index contributed by atoms with van der Waals surface area (Å²) in [5, 5.41) is 12.0. The lowest BCUT2D eigenvalue weighted by atomic mass is 10.1. The van der Waals surface area contributed by atoms with E-state index in [1.165, 1.54) is 17.9 Å². The van der Waals surface area contributed by atoms with Crippen molar-refractivity contribution in [2.45, 2.75) is 20.0 Å². The fraction of sp³-hybridized carbons (Fsp3) is 0.182. The van der Waals surface area contributed by atoms with Crippen LogP contribution in [0.5, 0.6) is 0 Å². The van der Waals surface area contributed by atoms with Crippen LogP contribution in [0.4, 0.5) is 11.4 Å². The van der Waals surface area contributed by atoms with Crippen LogP contribution in [-0.2, 0) is 19.1 Å². The summed E-state index contributed by atoms with van der Waals surface area (Å²) < 4.78 is 5.21. The minimum atomic E-state index is -1.17. The second kappa shape index (κ2) is 8.40. The molecule has 146 valence electrons. The van der Waals surface area contributed by atoms with E-state index in [0.29, 0.717) is 16.9 Å². The van der Waals surface area contributed by atoms with Gasteiger partial charge in [-0.1, -0.05) is 42.0 Å². The number of nitrogens with zero attached hydrogens (tertiary/aromatic N) is 2. The lowest BCUT2D eigenvalue weighted by Crippen LogP contribution is -2.47. The first-order chi connectivity index (χ1) is 13.9. The highest BCUT2D eigenvalue weighted by molar-refractivity contribution is 6.11. The number of ether oxygens (including phenoxy) is 1. The van der Waals surface area contributed by atoms with Crippen molar-refractivity contribution in [2.24, 2.45) is 0 Å². The van der Waals surface area contributed by atoms with Crippen molar-refractivity contribution >= 4 is 35.2 Å². The van der Waals surface area contributed by atoms with Crippen molar-refractivity contribution in [1.29, 1.82) is 5.26 Å². The molecule has 1 N–H and O–H groups in total. The van der Waals surface area contributed by atoms with Crippen LogP contribution < -0.4 is 10.2 Å². The van der Waals surface area contributed by atoms with Gasteiger partial charge in [0.2, 0.25) is 5.91 Å². The van der Waals surface area contributed by atoms with Crippen molar-refractivity contribution in [2.75, 3.05) is 16.8 Å². The average Bonchev–Trinajstić information content (AvgIpc) is 2.71. The van der Waals surface area contributed by atoms with E-state index in [9.17, 15) is 19.6 Å². The summed E-state index contributed by atoms with van der Waals surface area (Å²) in [6.07, 6.45) is 0.235. The Morgan fingerprint density at radius 1 is 1.21 bits per heavy atom. The molecule has 0 aromatic heterocycles. The third-order valence-corrected chi connectivity index (χ3v) is 4.40. The van der Waals surface area contributed by atoms with E-state index in [0.717, 1.165) is 5.56 Å². The number of amides is 2. The molecule has 0 unspecified atom stereocenters. The molecule has 1 heterocycles. The number of carbonyl (C=O) groups is 3. The fourth-order valence-electron chi connectivity index (χ4n) is 2.89. The van der Waals surface area contributed by atoms with Gasteiger partial charge in [-0.2, -0.15) is 5.26 Å². The maximum absolute atomic E-state index is 12.8. The van der Waals surface area contributed by atoms with E-state index in [1.54, 1.807) is 36.4 Å². The first-order valence-electron chi connectivity index (χ1n) is 8.98. The van der Waals surface area contributed by atoms with E-state index < -0.39 is 18.0 Å². The van der Waals surface area contributed by atoms with Gasteiger partial charge in [-0.15, -0.1) is 0 Å². The Morgan fingerprint density at radius 2 is 1.90 bits per heavy atom. The number of esters is 1. The second-order valence-corrected chi connectivity index (χ2v) is 6.62. The summed E-state index contributed by atoms with van der Waals surface area (Å²) in [5.41, 5.74) is 2.53. The van der Waals surface area contributed by atoms with Crippen molar-refractivity contribution in [3.05, 3.63) is 65.2 Å². The zero-order valence-electron chi connectivity index (χ0n) is 16.0. The van der Waals surface area contributed by atoms with Gasteiger partial charge in [0.15, 0.2) is 6.10 Å². The summed E-state index contributed by atoms with van der Waals surface area (Å²) in [6.45, 7) is 3.16. The Hall–Kier alpha value is -3.92. The lowest BCUT2D eigenvalue weighted by Gasteiger charge is -2.30. The molecule has 2 aromatic rings. The van der Waals surface area contributed by atoms with Crippen LogP contribution in [0, 0.1) is 18.3 Å². The minimum Gasteiger partial charge on any atom is -0.448 e. The van der Waals surface area contributed by atoms with E-state index in [4.69, 9.17) is 4.74 Å². The summed E-state index contributed by atoms with van der Waals surface area (Å²) in [5.74, 6) is -1.79. The molecule has 0 bridgehead atoms. The van der Waals surface area contributed by atoms with E-state index in [-0.39, 0.29) is 18.0 Å². The predicted molar refractivity (Wildman–Crippen MR) is 108 cm³/mol. The van der Waals surface area contributed by atoms with Crippen LogP contribution in [0.2, 0.25) is 0 Å². The van der Waals surface area contributed by atoms with E-state index in [2.05, 4.69) is 5.32 Å². The molecule has 7 nitrogen and oxygen atoms in total. The zero-order valence-corrected chi connectivity index (χ0v) is 16.0. The summed E-state index contributed by atoms with van der Waals surface area (Å²) in [7, 11) is 0. The van der Waals surface area contributed by atoms with Gasteiger partial charge in [0, 0.05) is 0 Å². The summed E-state index contributed by atoms with van der Waals surface area (Å²) in [4.78, 5) is 38.4. The lowest BCUT2D eigenvalue weighted by molar-refractivity contribution is -0.149. The second-order valence-electron chi connectivity index (χ2n) is 6.62. The number of benzene rings is 2. The normalized spacial score (nSPS) is 14.3. The van der Waals surface area contributed by atoms with Crippen LogP contribution >= 0.6 is 0 Å². The number of anilines is 2. The molecule has 0 fully saturated rings. The molecule has 2 aromatic carbocycles. The standard InChI is InChI=1S/C22H19N3O4/c1-14-7-9-16(10-8-14)11-17(12-23)22(28)29-15(2)21(27)25-13-20(26)24-18-5-3-4-6-19(18)25/h3-11,15H,13H2,1-2H3,(H,24,26)/b17-11+/t15-/m0/s1. The first kappa shape index (κ1) is 19.8. The van der Waals surface area contributed by atoms with Crippen LogP contribution in [0.25, 0.3) is 6.08 Å². The number of rotatable bonds is 4. The van der Waals surface area contributed by atoms with E-state index in [1.807, 2.05) is 25.1 Å². The molecular weight excluding hydrogens is 370 g/mol. The quantitative estimate of drug-likeness (QED) is 0.492. The van der Waals surface area contributed by atoms with Crippen LogP contribution in [-0.4, -0.2) is 30.4 Å². The monoisotopic (exact) mass is 389 g/mol. The van der Waals surface area contributed by atoms with Gasteiger partial charge < -0.3 is 10.1 Å². The summed E-state index contributed by atoms with van der Waals surface area (Å²) >= 11 is 0. The van der Waals surface area contributed by atoms with Gasteiger partial charge in [-0.05, 0) is 37.6 Å². The Balaban J connectivity index is 1.75. The largest absolute Gasteiger partial charge is 0.448 e. The molecule has 0 spiro atoms. The number of nitrogens with one attached hydrogen (secondary N) is 1. The van der Waals surface area contributed by atoms with Gasteiger partial charge in [-0.25, -0.2) is 4.79 Å². The molecule has 1 aliphatic rings. The smallest absolute Gasteiger partial charge is 0.349 e. The molecule has 29 heavy (non-hydrogen) atoms. The molecule has 0 saturated heterocycles. The van der Waals surface area contributed by atoms with Crippen molar-refractivity contribution in [1.82, 2.24) is 0 Å². The number of hydrogen-bond donors (Lipinski definition) is 1. The Bertz CT molecular complexity index is 1030. The van der Waals surface area contributed by atoms with Crippen molar-refractivity contribution in [3.8, 4) is 6.07 Å². The van der Waals surface area contributed by atoms with E-state index >= 15 is 0 Å². The number of aryl methyl sites for hydroxylation is 1. The minimum absolute atomic E-state index is 0.179. The number of carbonyl (C=O) groups excluding carboxylic acids is 3. The number of hydrogen-bond acceptors (Lipinski definition) is 5. The average molecular weight is 389 g/mol. The van der Waals surface area contributed by atoms with Crippen LogP contribution in [0.3, 0.4) is 0 Å². The Labute approximate surface area is 168 Å². The first-order valence-corrected chi connectivity index (χ1v) is 8.98.